The Bertz CT molecular complexity index is 712. The van der Waals surface area contributed by atoms with Crippen molar-refractivity contribution in [3.63, 3.8) is 0 Å². The summed E-state index contributed by atoms with van der Waals surface area (Å²) in [6.45, 7) is 6.79. The lowest BCUT2D eigenvalue weighted by molar-refractivity contribution is -0.142. The van der Waals surface area contributed by atoms with Gasteiger partial charge in [0.1, 0.15) is 6.04 Å². The van der Waals surface area contributed by atoms with Gasteiger partial charge in [-0.05, 0) is 39.4 Å². The molecule has 124 valence electrons. The molecule has 23 heavy (non-hydrogen) atoms. The van der Waals surface area contributed by atoms with Gasteiger partial charge in [-0.25, -0.2) is 0 Å². The third-order valence-electron chi connectivity index (χ3n) is 4.24. The van der Waals surface area contributed by atoms with Crippen LogP contribution in [-0.2, 0) is 17.9 Å². The summed E-state index contributed by atoms with van der Waals surface area (Å²) in [5.41, 5.74) is 4.03. The SMILES string of the molecule is Cc1nn(Cc2ccccc2Cl)c(C)c1CN(C)[C@H](C)C(=O)O. The van der Waals surface area contributed by atoms with Crippen LogP contribution in [0.2, 0.25) is 5.02 Å². The highest BCUT2D eigenvalue weighted by Crippen LogP contribution is 2.20. The van der Waals surface area contributed by atoms with E-state index >= 15 is 0 Å². The first-order valence-corrected chi connectivity index (χ1v) is 7.88. The highest BCUT2D eigenvalue weighted by Gasteiger charge is 2.20. The second-order valence-electron chi connectivity index (χ2n) is 5.83. The maximum atomic E-state index is 11.1. The molecular formula is C17H22ClN3O2. The Kier molecular flexibility index (Phi) is 5.44. The van der Waals surface area contributed by atoms with Crippen LogP contribution in [0.3, 0.4) is 0 Å². The predicted octanol–water partition coefficient (Wildman–Crippen LogP) is 3.11. The van der Waals surface area contributed by atoms with Crippen LogP contribution in [0.25, 0.3) is 0 Å². The molecule has 1 aromatic carbocycles. The highest BCUT2D eigenvalue weighted by atomic mass is 35.5. The Hall–Kier alpha value is -1.85. The van der Waals surface area contributed by atoms with Crippen molar-refractivity contribution in [1.82, 2.24) is 14.7 Å². The largest absolute Gasteiger partial charge is 0.480 e. The summed E-state index contributed by atoms with van der Waals surface area (Å²) in [4.78, 5) is 12.9. The van der Waals surface area contributed by atoms with E-state index < -0.39 is 12.0 Å². The number of carbonyl (C=O) groups is 1. The molecule has 1 atom stereocenters. The summed E-state index contributed by atoms with van der Waals surface area (Å²) >= 11 is 6.22. The van der Waals surface area contributed by atoms with Crippen molar-refractivity contribution in [2.75, 3.05) is 7.05 Å². The van der Waals surface area contributed by atoms with E-state index in [1.807, 2.05) is 49.8 Å². The van der Waals surface area contributed by atoms with Gasteiger partial charge in [-0.3, -0.25) is 14.4 Å². The van der Waals surface area contributed by atoms with Gasteiger partial charge in [0.05, 0.1) is 12.2 Å². The van der Waals surface area contributed by atoms with Crippen LogP contribution in [0, 0.1) is 13.8 Å². The van der Waals surface area contributed by atoms with Crippen LogP contribution in [-0.4, -0.2) is 38.8 Å². The van der Waals surface area contributed by atoms with E-state index in [9.17, 15) is 4.79 Å². The summed E-state index contributed by atoms with van der Waals surface area (Å²) in [6, 6.07) is 7.17. The van der Waals surface area contributed by atoms with Crippen LogP contribution in [0.1, 0.15) is 29.4 Å². The monoisotopic (exact) mass is 335 g/mol. The smallest absolute Gasteiger partial charge is 0.320 e. The summed E-state index contributed by atoms with van der Waals surface area (Å²) in [5.74, 6) is -0.828. The second kappa shape index (κ2) is 7.15. The van der Waals surface area contributed by atoms with Crippen molar-refractivity contribution >= 4 is 17.6 Å². The van der Waals surface area contributed by atoms with Crippen molar-refractivity contribution in [2.45, 2.75) is 39.9 Å². The van der Waals surface area contributed by atoms with Crippen LogP contribution in [0.5, 0.6) is 0 Å². The molecule has 1 heterocycles. The number of likely N-dealkylation sites (N-methyl/N-ethyl adjacent to an activating group) is 1. The Morgan fingerprint density at radius 2 is 2.04 bits per heavy atom. The van der Waals surface area contributed by atoms with E-state index in [4.69, 9.17) is 16.7 Å². The summed E-state index contributed by atoms with van der Waals surface area (Å²) in [5, 5.41) is 14.4. The van der Waals surface area contributed by atoms with Gasteiger partial charge in [-0.1, -0.05) is 29.8 Å². The molecule has 1 aromatic heterocycles. The zero-order chi connectivity index (χ0) is 17.1. The molecule has 0 unspecified atom stereocenters. The summed E-state index contributed by atoms with van der Waals surface area (Å²) < 4.78 is 1.92. The Morgan fingerprint density at radius 1 is 1.39 bits per heavy atom. The maximum absolute atomic E-state index is 11.1. The molecule has 5 nitrogen and oxygen atoms in total. The molecule has 0 amide bonds. The topological polar surface area (TPSA) is 58.4 Å². The van der Waals surface area contributed by atoms with E-state index in [0.717, 1.165) is 27.5 Å². The summed E-state index contributed by atoms with van der Waals surface area (Å²) in [6.07, 6.45) is 0. The van der Waals surface area contributed by atoms with Crippen LogP contribution >= 0.6 is 11.6 Å². The van der Waals surface area contributed by atoms with E-state index in [0.29, 0.717) is 13.1 Å². The Labute approximate surface area is 141 Å². The number of aliphatic carboxylic acids is 1. The Morgan fingerprint density at radius 3 is 2.65 bits per heavy atom. The lowest BCUT2D eigenvalue weighted by atomic mass is 10.1. The van der Waals surface area contributed by atoms with Gasteiger partial charge in [0.25, 0.3) is 0 Å². The van der Waals surface area contributed by atoms with Crippen LogP contribution < -0.4 is 0 Å². The fourth-order valence-corrected chi connectivity index (χ4v) is 2.68. The number of aryl methyl sites for hydroxylation is 1. The number of rotatable bonds is 6. The van der Waals surface area contributed by atoms with Gasteiger partial charge >= 0.3 is 5.97 Å². The number of nitrogens with zero attached hydrogens (tertiary/aromatic N) is 3. The van der Waals surface area contributed by atoms with E-state index in [2.05, 4.69) is 5.10 Å². The molecule has 0 saturated carbocycles. The average Bonchev–Trinajstić information content (AvgIpc) is 2.76. The highest BCUT2D eigenvalue weighted by molar-refractivity contribution is 6.31. The van der Waals surface area contributed by atoms with Crippen molar-refractivity contribution in [2.24, 2.45) is 0 Å². The molecule has 0 fully saturated rings. The van der Waals surface area contributed by atoms with E-state index in [-0.39, 0.29) is 0 Å². The molecule has 0 aliphatic carbocycles. The molecule has 0 saturated heterocycles. The molecule has 0 aliphatic rings. The first-order valence-electron chi connectivity index (χ1n) is 7.50. The lowest BCUT2D eigenvalue weighted by Gasteiger charge is -2.21. The lowest BCUT2D eigenvalue weighted by Crippen LogP contribution is -2.35. The van der Waals surface area contributed by atoms with E-state index in [1.165, 1.54) is 0 Å². The van der Waals surface area contributed by atoms with Crippen molar-refractivity contribution in [3.05, 3.63) is 51.8 Å². The molecule has 0 aliphatic heterocycles. The van der Waals surface area contributed by atoms with Gasteiger partial charge in [0, 0.05) is 22.8 Å². The van der Waals surface area contributed by atoms with Crippen LogP contribution in [0.15, 0.2) is 24.3 Å². The standard InChI is InChI=1S/C17H22ClN3O2/c1-11-15(10-20(4)13(3)17(22)23)12(2)21(19-11)9-14-7-5-6-8-16(14)18/h5-8,13H,9-10H2,1-4H3,(H,22,23)/t13-/m1/s1. The van der Waals surface area contributed by atoms with Crippen LogP contribution in [0.4, 0.5) is 0 Å². The van der Waals surface area contributed by atoms with Crippen molar-refractivity contribution in [3.8, 4) is 0 Å². The quantitative estimate of drug-likeness (QED) is 0.881. The number of hydrogen-bond acceptors (Lipinski definition) is 3. The van der Waals surface area contributed by atoms with Crippen molar-refractivity contribution in [1.29, 1.82) is 0 Å². The van der Waals surface area contributed by atoms with Gasteiger partial charge in [-0.2, -0.15) is 5.10 Å². The first kappa shape index (κ1) is 17.5. The molecule has 0 bridgehead atoms. The minimum Gasteiger partial charge on any atom is -0.480 e. The number of halogens is 1. The Balaban J connectivity index is 2.23. The number of carboxylic acid groups (broad SMARTS) is 1. The van der Waals surface area contributed by atoms with Crippen molar-refractivity contribution < 1.29 is 9.90 Å². The van der Waals surface area contributed by atoms with Gasteiger partial charge in [0.15, 0.2) is 0 Å². The number of hydrogen-bond donors (Lipinski definition) is 1. The van der Waals surface area contributed by atoms with E-state index in [1.54, 1.807) is 11.8 Å². The molecule has 0 radical (unpaired) electrons. The average molecular weight is 336 g/mol. The van der Waals surface area contributed by atoms with Gasteiger partial charge in [-0.15, -0.1) is 0 Å². The zero-order valence-electron chi connectivity index (χ0n) is 13.9. The van der Waals surface area contributed by atoms with Gasteiger partial charge < -0.3 is 5.11 Å². The molecule has 0 spiro atoms. The third-order valence-corrected chi connectivity index (χ3v) is 4.60. The number of benzene rings is 1. The molecule has 2 aromatic rings. The second-order valence-corrected chi connectivity index (χ2v) is 6.23. The molecule has 6 heteroatoms. The zero-order valence-corrected chi connectivity index (χ0v) is 14.6. The molecule has 1 N–H and O–H groups in total. The fraction of sp³-hybridized carbons (Fsp3) is 0.412. The number of carboxylic acids is 1. The third kappa shape index (κ3) is 3.92. The minimum absolute atomic E-state index is 0.541. The maximum Gasteiger partial charge on any atom is 0.320 e. The molecule has 2 rings (SSSR count). The predicted molar refractivity (Wildman–Crippen MR) is 90.8 cm³/mol. The summed E-state index contributed by atoms with van der Waals surface area (Å²) in [7, 11) is 1.81. The van der Waals surface area contributed by atoms with Gasteiger partial charge in [0.2, 0.25) is 0 Å². The number of aromatic nitrogens is 2. The minimum atomic E-state index is -0.828. The molecular weight excluding hydrogens is 314 g/mol. The fourth-order valence-electron chi connectivity index (χ4n) is 2.48. The first-order chi connectivity index (χ1) is 10.8. The normalized spacial score (nSPS) is 12.6.